The third-order valence-corrected chi connectivity index (χ3v) is 6.29. The van der Waals surface area contributed by atoms with Crippen LogP contribution < -0.4 is 10.6 Å². The molecule has 29 heavy (non-hydrogen) atoms. The molecule has 0 aromatic heterocycles. The van der Waals surface area contributed by atoms with Crippen molar-refractivity contribution in [2.24, 2.45) is 0 Å². The number of sulfone groups is 1. The van der Waals surface area contributed by atoms with E-state index in [1.807, 2.05) is 13.8 Å². The van der Waals surface area contributed by atoms with E-state index in [0.717, 1.165) is 5.56 Å². The first-order chi connectivity index (χ1) is 13.6. The van der Waals surface area contributed by atoms with Crippen LogP contribution in [0.2, 0.25) is 0 Å². The van der Waals surface area contributed by atoms with E-state index in [1.165, 1.54) is 11.9 Å². The minimum absolute atomic E-state index is 0.0342. The Kier molecular flexibility index (Phi) is 7.60. The van der Waals surface area contributed by atoms with Gasteiger partial charge in [0.05, 0.1) is 17.1 Å². The van der Waals surface area contributed by atoms with E-state index in [2.05, 4.69) is 10.6 Å². The number of hydrogen-bond acceptors (Lipinski definition) is 6. The lowest BCUT2D eigenvalue weighted by Crippen LogP contribution is -2.40. The summed E-state index contributed by atoms with van der Waals surface area (Å²) in [5.41, 5.74) is 1.08. The predicted octanol–water partition coefficient (Wildman–Crippen LogP) is 0.697. The summed E-state index contributed by atoms with van der Waals surface area (Å²) in [5.74, 6) is -1.09. The van der Waals surface area contributed by atoms with Crippen LogP contribution in [-0.2, 0) is 25.9 Å². The van der Waals surface area contributed by atoms with Crippen molar-refractivity contribution >= 4 is 27.7 Å². The minimum Gasteiger partial charge on any atom is -0.452 e. The number of benzene rings is 1. The van der Waals surface area contributed by atoms with Crippen LogP contribution >= 0.6 is 0 Å². The van der Waals surface area contributed by atoms with Crippen LogP contribution in [0.1, 0.15) is 36.2 Å². The molecular weight excluding hydrogens is 398 g/mol. The molecule has 0 aliphatic carbocycles. The quantitative estimate of drug-likeness (QED) is 0.620. The number of hydrogen-bond donors (Lipinski definition) is 2. The van der Waals surface area contributed by atoms with Gasteiger partial charge in [0.1, 0.15) is 0 Å². The summed E-state index contributed by atoms with van der Waals surface area (Å²) >= 11 is 0. The number of carbonyl (C=O) groups is 3. The predicted molar refractivity (Wildman–Crippen MR) is 107 cm³/mol. The van der Waals surface area contributed by atoms with Gasteiger partial charge in [-0.3, -0.25) is 4.79 Å². The summed E-state index contributed by atoms with van der Waals surface area (Å²) < 4.78 is 28.1. The van der Waals surface area contributed by atoms with Crippen molar-refractivity contribution in [2.75, 3.05) is 25.2 Å². The van der Waals surface area contributed by atoms with E-state index in [9.17, 15) is 22.8 Å². The molecule has 0 unspecified atom stereocenters. The summed E-state index contributed by atoms with van der Waals surface area (Å²) in [5, 5.41) is 5.41. The summed E-state index contributed by atoms with van der Waals surface area (Å²) in [6.07, 6.45) is 0.392. The first kappa shape index (κ1) is 22.7. The fourth-order valence-corrected chi connectivity index (χ4v) is 4.63. The Labute approximate surface area is 170 Å². The highest BCUT2D eigenvalue weighted by molar-refractivity contribution is 7.91. The van der Waals surface area contributed by atoms with Crippen LogP contribution in [0, 0.1) is 0 Å². The summed E-state index contributed by atoms with van der Waals surface area (Å²) in [6, 6.07) is 5.85. The van der Waals surface area contributed by atoms with Crippen LogP contribution in [0.3, 0.4) is 0 Å². The molecule has 10 heteroatoms. The second kappa shape index (κ2) is 9.73. The zero-order valence-electron chi connectivity index (χ0n) is 16.8. The zero-order chi connectivity index (χ0) is 21.6. The van der Waals surface area contributed by atoms with E-state index >= 15 is 0 Å². The molecule has 1 atom stereocenters. The third kappa shape index (κ3) is 7.04. The number of nitrogens with zero attached hydrogens (tertiary/aromatic N) is 1. The van der Waals surface area contributed by atoms with Crippen molar-refractivity contribution in [1.82, 2.24) is 15.5 Å². The number of esters is 1. The highest BCUT2D eigenvalue weighted by Gasteiger charge is 2.32. The Morgan fingerprint density at radius 1 is 1.21 bits per heavy atom. The molecule has 1 aromatic carbocycles. The summed E-state index contributed by atoms with van der Waals surface area (Å²) in [6.45, 7) is 3.57. The van der Waals surface area contributed by atoms with E-state index in [0.29, 0.717) is 13.0 Å². The number of nitrogens with one attached hydrogen (secondary N) is 2. The molecule has 0 radical (unpaired) electrons. The second-order valence-electron chi connectivity index (χ2n) is 7.32. The lowest BCUT2D eigenvalue weighted by molar-refractivity contribution is -0.134. The first-order valence-electron chi connectivity index (χ1n) is 9.34. The third-order valence-electron chi connectivity index (χ3n) is 4.54. The van der Waals surface area contributed by atoms with Crippen LogP contribution in [0.5, 0.6) is 0 Å². The summed E-state index contributed by atoms with van der Waals surface area (Å²) in [4.78, 5) is 37.2. The van der Waals surface area contributed by atoms with Gasteiger partial charge in [-0.15, -0.1) is 0 Å². The molecule has 1 saturated heterocycles. The Morgan fingerprint density at radius 3 is 2.41 bits per heavy atom. The van der Waals surface area contributed by atoms with Gasteiger partial charge in [-0.05, 0) is 38.0 Å². The topological polar surface area (TPSA) is 122 Å². The molecular formula is C19H27N3O6S. The van der Waals surface area contributed by atoms with Crippen molar-refractivity contribution in [1.29, 1.82) is 0 Å². The molecule has 3 amide bonds. The minimum atomic E-state index is -3.10. The van der Waals surface area contributed by atoms with Gasteiger partial charge in [0.2, 0.25) is 0 Å². The Balaban J connectivity index is 1.80. The van der Waals surface area contributed by atoms with Crippen molar-refractivity contribution in [2.45, 2.75) is 38.9 Å². The maximum atomic E-state index is 12.2. The number of likely N-dealkylation sites (N-methyl/N-ethyl adjacent to an activating group) is 1. The molecule has 1 aliphatic heterocycles. The van der Waals surface area contributed by atoms with Gasteiger partial charge in [0.15, 0.2) is 16.4 Å². The molecule has 0 spiro atoms. The number of amides is 3. The normalized spacial score (nSPS) is 17.6. The second-order valence-corrected chi connectivity index (χ2v) is 9.54. The van der Waals surface area contributed by atoms with E-state index in [4.69, 9.17) is 4.74 Å². The van der Waals surface area contributed by atoms with Gasteiger partial charge in [-0.1, -0.05) is 12.1 Å². The molecule has 1 aliphatic rings. The fraction of sp³-hybridized carbons (Fsp3) is 0.526. The highest BCUT2D eigenvalue weighted by atomic mass is 32.2. The molecule has 160 valence electrons. The molecule has 2 rings (SSSR count). The van der Waals surface area contributed by atoms with E-state index in [-0.39, 0.29) is 35.2 Å². The Hall–Kier alpha value is -2.62. The van der Waals surface area contributed by atoms with Gasteiger partial charge < -0.3 is 20.3 Å². The standard InChI is InChI=1S/C19H27N3O6S/c1-13(2)21-19(25)20-10-14-4-6-15(7-5-14)18(24)28-11-17(23)22(3)16-8-9-29(26,27)12-16/h4-7,13,16H,8-12H2,1-3H3,(H2,20,21,25)/t16-/m0/s1. The maximum absolute atomic E-state index is 12.2. The SMILES string of the molecule is CC(C)NC(=O)NCc1ccc(C(=O)OCC(=O)N(C)[C@H]2CCS(=O)(=O)C2)cc1. The largest absolute Gasteiger partial charge is 0.452 e. The van der Waals surface area contributed by atoms with Crippen molar-refractivity contribution < 1.29 is 27.5 Å². The van der Waals surface area contributed by atoms with Gasteiger partial charge >= 0.3 is 12.0 Å². The van der Waals surface area contributed by atoms with Crippen molar-refractivity contribution in [3.8, 4) is 0 Å². The van der Waals surface area contributed by atoms with Crippen LogP contribution in [0.4, 0.5) is 4.79 Å². The van der Waals surface area contributed by atoms with Crippen LogP contribution in [0.15, 0.2) is 24.3 Å². The lowest BCUT2D eigenvalue weighted by atomic mass is 10.1. The summed E-state index contributed by atoms with van der Waals surface area (Å²) in [7, 11) is -1.59. The van der Waals surface area contributed by atoms with Gasteiger partial charge in [0, 0.05) is 25.7 Å². The monoisotopic (exact) mass is 425 g/mol. The maximum Gasteiger partial charge on any atom is 0.338 e. The molecule has 1 fully saturated rings. The molecule has 0 saturated carbocycles. The van der Waals surface area contributed by atoms with Crippen molar-refractivity contribution in [3.05, 3.63) is 35.4 Å². The van der Waals surface area contributed by atoms with Crippen LogP contribution in [-0.4, -0.2) is 68.5 Å². The van der Waals surface area contributed by atoms with Crippen LogP contribution in [0.25, 0.3) is 0 Å². The highest BCUT2D eigenvalue weighted by Crippen LogP contribution is 2.16. The first-order valence-corrected chi connectivity index (χ1v) is 11.2. The van der Waals surface area contributed by atoms with Gasteiger partial charge in [0.25, 0.3) is 5.91 Å². The lowest BCUT2D eigenvalue weighted by Gasteiger charge is -2.23. The molecule has 9 nitrogen and oxygen atoms in total. The molecule has 1 aromatic rings. The zero-order valence-corrected chi connectivity index (χ0v) is 17.6. The van der Waals surface area contributed by atoms with E-state index < -0.39 is 28.3 Å². The van der Waals surface area contributed by atoms with Gasteiger partial charge in [-0.2, -0.15) is 0 Å². The number of urea groups is 1. The Morgan fingerprint density at radius 2 is 1.86 bits per heavy atom. The molecule has 1 heterocycles. The fourth-order valence-electron chi connectivity index (χ4n) is 2.85. The Bertz CT molecular complexity index is 851. The van der Waals surface area contributed by atoms with E-state index in [1.54, 1.807) is 24.3 Å². The molecule has 2 N–H and O–H groups in total. The van der Waals surface area contributed by atoms with Crippen molar-refractivity contribution in [3.63, 3.8) is 0 Å². The average molecular weight is 426 g/mol. The smallest absolute Gasteiger partial charge is 0.338 e. The number of carbonyl (C=O) groups excluding carboxylic acids is 3. The number of rotatable bonds is 7. The molecule has 0 bridgehead atoms. The van der Waals surface area contributed by atoms with Gasteiger partial charge in [-0.25, -0.2) is 18.0 Å². The number of ether oxygens (including phenoxy) is 1. The average Bonchev–Trinajstić information content (AvgIpc) is 3.03.